The molecule has 1 aliphatic rings. The Morgan fingerprint density at radius 3 is 2.75 bits per heavy atom. The monoisotopic (exact) mass is 327 g/mol. The number of benzene rings is 1. The topological polar surface area (TPSA) is 88.0 Å². The average Bonchev–Trinajstić information content (AvgIpc) is 2.59. The minimum absolute atomic E-state index is 0.0750. The Morgan fingerprint density at radius 1 is 1.25 bits per heavy atom. The van der Waals surface area contributed by atoms with Crippen molar-refractivity contribution < 1.29 is 4.79 Å². The SMILES string of the molecule is NC(=O)CC(NCc1cc2ccccc2c(=O)[nH]1)C1CCCCC1. The van der Waals surface area contributed by atoms with Crippen LogP contribution in [0.1, 0.15) is 44.2 Å². The van der Waals surface area contributed by atoms with Gasteiger partial charge in [0.15, 0.2) is 0 Å². The summed E-state index contributed by atoms with van der Waals surface area (Å²) in [6, 6.07) is 9.63. The van der Waals surface area contributed by atoms with Crippen molar-refractivity contribution in [1.29, 1.82) is 0 Å². The first-order valence-electron chi connectivity index (χ1n) is 8.76. The van der Waals surface area contributed by atoms with Crippen LogP contribution in [-0.2, 0) is 11.3 Å². The highest BCUT2D eigenvalue weighted by Crippen LogP contribution is 2.28. The molecular weight excluding hydrogens is 302 g/mol. The highest BCUT2D eigenvalue weighted by molar-refractivity contribution is 5.81. The highest BCUT2D eigenvalue weighted by Gasteiger charge is 2.24. The molecule has 1 unspecified atom stereocenters. The number of aromatic nitrogens is 1. The molecule has 0 radical (unpaired) electrons. The number of hydrogen-bond acceptors (Lipinski definition) is 3. The fourth-order valence-electron chi connectivity index (χ4n) is 3.76. The first-order chi connectivity index (χ1) is 11.6. The molecule has 1 atom stereocenters. The number of H-pyrrole nitrogens is 1. The van der Waals surface area contributed by atoms with Crippen molar-refractivity contribution in [3.8, 4) is 0 Å². The number of hydrogen-bond donors (Lipinski definition) is 3. The maximum atomic E-state index is 12.2. The highest BCUT2D eigenvalue weighted by atomic mass is 16.1. The van der Waals surface area contributed by atoms with Crippen LogP contribution in [0.25, 0.3) is 10.8 Å². The van der Waals surface area contributed by atoms with Crippen molar-refractivity contribution in [2.45, 2.75) is 51.1 Å². The van der Waals surface area contributed by atoms with Gasteiger partial charge in [-0.1, -0.05) is 37.5 Å². The van der Waals surface area contributed by atoms with Gasteiger partial charge < -0.3 is 16.0 Å². The zero-order chi connectivity index (χ0) is 16.9. The van der Waals surface area contributed by atoms with Crippen molar-refractivity contribution in [3.05, 3.63) is 46.4 Å². The summed E-state index contributed by atoms with van der Waals surface area (Å²) in [5.74, 6) is 0.212. The molecule has 0 saturated heterocycles. The smallest absolute Gasteiger partial charge is 0.256 e. The van der Waals surface area contributed by atoms with Crippen molar-refractivity contribution in [2.75, 3.05) is 0 Å². The molecule has 1 amide bonds. The van der Waals surface area contributed by atoms with E-state index >= 15 is 0 Å². The van der Waals surface area contributed by atoms with Gasteiger partial charge >= 0.3 is 0 Å². The van der Waals surface area contributed by atoms with E-state index in [2.05, 4.69) is 10.3 Å². The van der Waals surface area contributed by atoms with Gasteiger partial charge in [-0.25, -0.2) is 0 Å². The zero-order valence-electron chi connectivity index (χ0n) is 13.9. The van der Waals surface area contributed by atoms with Gasteiger partial charge in [-0.2, -0.15) is 0 Å². The van der Waals surface area contributed by atoms with E-state index in [9.17, 15) is 9.59 Å². The van der Waals surface area contributed by atoms with E-state index in [1.165, 1.54) is 19.3 Å². The number of primary amides is 1. The van der Waals surface area contributed by atoms with Crippen molar-refractivity contribution in [3.63, 3.8) is 0 Å². The van der Waals surface area contributed by atoms with E-state index in [1.54, 1.807) is 0 Å². The Morgan fingerprint density at radius 2 is 2.00 bits per heavy atom. The van der Waals surface area contributed by atoms with Crippen LogP contribution in [0.2, 0.25) is 0 Å². The van der Waals surface area contributed by atoms with Crippen LogP contribution in [0.5, 0.6) is 0 Å². The molecule has 128 valence electrons. The van der Waals surface area contributed by atoms with E-state index in [0.29, 0.717) is 24.3 Å². The van der Waals surface area contributed by atoms with Crippen molar-refractivity contribution >= 4 is 16.7 Å². The first-order valence-corrected chi connectivity index (χ1v) is 8.76. The molecule has 1 aromatic heterocycles. The number of aromatic amines is 1. The maximum absolute atomic E-state index is 12.2. The first kappa shape index (κ1) is 16.7. The van der Waals surface area contributed by atoms with Crippen LogP contribution < -0.4 is 16.6 Å². The van der Waals surface area contributed by atoms with Crippen LogP contribution in [0.3, 0.4) is 0 Å². The third-order valence-electron chi connectivity index (χ3n) is 5.00. The lowest BCUT2D eigenvalue weighted by molar-refractivity contribution is -0.118. The van der Waals surface area contributed by atoms with E-state index in [0.717, 1.165) is 23.9 Å². The molecule has 5 nitrogen and oxygen atoms in total. The van der Waals surface area contributed by atoms with Gasteiger partial charge in [0.25, 0.3) is 5.56 Å². The fraction of sp³-hybridized carbons (Fsp3) is 0.474. The standard InChI is InChI=1S/C19H25N3O2/c20-18(23)11-17(13-6-2-1-3-7-13)21-12-15-10-14-8-4-5-9-16(14)19(24)22-15/h4-5,8-10,13,17,21H,1-3,6-7,11-12H2,(H2,20,23)(H,22,24). The molecular formula is C19H25N3O2. The van der Waals surface area contributed by atoms with Crippen molar-refractivity contribution in [2.24, 2.45) is 11.7 Å². The lowest BCUT2D eigenvalue weighted by Gasteiger charge is -2.30. The number of nitrogens with one attached hydrogen (secondary N) is 2. The zero-order valence-corrected chi connectivity index (χ0v) is 13.9. The molecule has 1 aliphatic carbocycles. The number of pyridine rings is 1. The summed E-state index contributed by atoms with van der Waals surface area (Å²) in [7, 11) is 0. The van der Waals surface area contributed by atoms with Gasteiger partial charge in [0, 0.05) is 30.1 Å². The third-order valence-corrected chi connectivity index (χ3v) is 5.00. The molecule has 0 bridgehead atoms. The number of fused-ring (bicyclic) bond motifs is 1. The van der Waals surface area contributed by atoms with Crippen LogP contribution in [0.4, 0.5) is 0 Å². The number of carbonyl (C=O) groups excluding carboxylic acids is 1. The van der Waals surface area contributed by atoms with Gasteiger partial charge in [-0.05, 0) is 36.3 Å². The fourth-order valence-corrected chi connectivity index (χ4v) is 3.76. The van der Waals surface area contributed by atoms with Gasteiger partial charge in [0.05, 0.1) is 0 Å². The number of nitrogens with two attached hydrogens (primary N) is 1. The quantitative estimate of drug-likeness (QED) is 0.761. The van der Waals surface area contributed by atoms with Gasteiger partial charge in [-0.15, -0.1) is 0 Å². The molecule has 1 fully saturated rings. The second-order valence-corrected chi connectivity index (χ2v) is 6.77. The molecule has 2 aromatic rings. The molecule has 1 heterocycles. The molecule has 24 heavy (non-hydrogen) atoms. The van der Waals surface area contributed by atoms with E-state index < -0.39 is 0 Å². The van der Waals surface area contributed by atoms with Crippen LogP contribution in [0, 0.1) is 5.92 Å². The summed E-state index contributed by atoms with van der Waals surface area (Å²) in [6.07, 6.45) is 6.33. The maximum Gasteiger partial charge on any atom is 0.256 e. The van der Waals surface area contributed by atoms with Gasteiger partial charge in [0.1, 0.15) is 0 Å². The number of amides is 1. The molecule has 4 N–H and O–H groups in total. The van der Waals surface area contributed by atoms with E-state index in [4.69, 9.17) is 5.73 Å². The predicted molar refractivity (Wildman–Crippen MR) is 95.6 cm³/mol. The van der Waals surface area contributed by atoms with Crippen LogP contribution >= 0.6 is 0 Å². The molecule has 0 aliphatic heterocycles. The minimum Gasteiger partial charge on any atom is -0.370 e. The second kappa shape index (κ2) is 7.62. The molecule has 1 aromatic carbocycles. The summed E-state index contributed by atoms with van der Waals surface area (Å²) < 4.78 is 0. The molecule has 1 saturated carbocycles. The van der Waals surface area contributed by atoms with Crippen molar-refractivity contribution in [1.82, 2.24) is 10.3 Å². The summed E-state index contributed by atoms with van der Waals surface area (Å²) in [6.45, 7) is 0.536. The van der Waals surface area contributed by atoms with Crippen LogP contribution in [0.15, 0.2) is 35.1 Å². The molecule has 0 spiro atoms. The Kier molecular flexibility index (Phi) is 5.30. The molecule has 5 heteroatoms. The summed E-state index contributed by atoms with van der Waals surface area (Å²) in [4.78, 5) is 26.5. The van der Waals surface area contributed by atoms with Crippen LogP contribution in [-0.4, -0.2) is 16.9 Å². The normalized spacial score (nSPS) is 17.0. The third kappa shape index (κ3) is 4.03. The lowest BCUT2D eigenvalue weighted by atomic mass is 9.82. The van der Waals surface area contributed by atoms with E-state index in [1.807, 2.05) is 30.3 Å². The summed E-state index contributed by atoms with van der Waals surface area (Å²) in [5, 5.41) is 5.09. The Bertz CT molecular complexity index is 763. The summed E-state index contributed by atoms with van der Waals surface area (Å²) >= 11 is 0. The number of rotatable bonds is 6. The van der Waals surface area contributed by atoms with E-state index in [-0.39, 0.29) is 17.5 Å². The largest absolute Gasteiger partial charge is 0.370 e. The van der Waals surface area contributed by atoms with Gasteiger partial charge in [-0.3, -0.25) is 9.59 Å². The average molecular weight is 327 g/mol. The Hall–Kier alpha value is -2.14. The summed E-state index contributed by atoms with van der Waals surface area (Å²) in [5.41, 5.74) is 6.19. The lowest BCUT2D eigenvalue weighted by Crippen LogP contribution is -2.40. The van der Waals surface area contributed by atoms with Gasteiger partial charge in [0.2, 0.25) is 5.91 Å². The Balaban J connectivity index is 1.73. The predicted octanol–water partition coefficient (Wildman–Crippen LogP) is 2.44. The number of carbonyl (C=O) groups is 1. The Labute approximate surface area is 141 Å². The minimum atomic E-state index is -0.273. The molecule has 3 rings (SSSR count). The second-order valence-electron chi connectivity index (χ2n) is 6.77.